The molecule has 0 amide bonds. The third-order valence-electron chi connectivity index (χ3n) is 3.88. The predicted molar refractivity (Wildman–Crippen MR) is 86.6 cm³/mol. The smallest absolute Gasteiger partial charge is 0.323 e. The van der Waals surface area contributed by atoms with Gasteiger partial charge >= 0.3 is 5.97 Å². The molecule has 0 aromatic heterocycles. The minimum atomic E-state index is -0.810. The lowest BCUT2D eigenvalue weighted by atomic mass is 9.95. The highest BCUT2D eigenvalue weighted by Crippen LogP contribution is 2.13. The first-order valence-electron chi connectivity index (χ1n) is 7.69. The Labute approximate surface area is 128 Å². The zero-order chi connectivity index (χ0) is 15.7. The van der Waals surface area contributed by atoms with Crippen LogP contribution in [0.4, 0.5) is 0 Å². The van der Waals surface area contributed by atoms with Crippen LogP contribution in [0, 0.1) is 0 Å². The Morgan fingerprint density at radius 1 is 1.29 bits per heavy atom. The number of benzene rings is 1. The summed E-state index contributed by atoms with van der Waals surface area (Å²) in [4.78, 5) is 13.6. The van der Waals surface area contributed by atoms with Crippen LogP contribution in [0.1, 0.15) is 32.3 Å². The molecule has 2 N–H and O–H groups in total. The van der Waals surface area contributed by atoms with Gasteiger partial charge in [-0.05, 0) is 51.9 Å². The number of carboxylic acid groups (broad SMARTS) is 1. The van der Waals surface area contributed by atoms with Crippen LogP contribution in [0.5, 0.6) is 0 Å². The summed E-state index contributed by atoms with van der Waals surface area (Å²) in [5, 5.41) is 12.4. The van der Waals surface area contributed by atoms with Crippen molar-refractivity contribution in [2.24, 2.45) is 0 Å². The first kappa shape index (κ1) is 17.7. The largest absolute Gasteiger partial charge is 0.480 e. The second kappa shape index (κ2) is 8.80. The number of carboxylic acids is 1. The van der Waals surface area contributed by atoms with Gasteiger partial charge < -0.3 is 15.3 Å². The number of nitrogens with zero attached hydrogens (tertiary/aromatic N) is 1. The lowest BCUT2D eigenvalue weighted by Crippen LogP contribution is -2.49. The quantitative estimate of drug-likeness (QED) is 0.695. The Bertz CT molecular complexity index is 422. The van der Waals surface area contributed by atoms with Crippen molar-refractivity contribution in [3.63, 3.8) is 0 Å². The molecule has 0 radical (unpaired) electrons. The minimum Gasteiger partial charge on any atom is -0.480 e. The van der Waals surface area contributed by atoms with Crippen LogP contribution in [0.15, 0.2) is 30.3 Å². The van der Waals surface area contributed by atoms with Crippen molar-refractivity contribution in [3.8, 4) is 0 Å². The number of hydrogen-bond acceptors (Lipinski definition) is 3. The highest BCUT2D eigenvalue weighted by atomic mass is 16.4. The molecule has 0 fully saturated rings. The number of aliphatic carboxylic acids is 1. The molecular formula is C17H28N2O2. The molecule has 0 aliphatic carbocycles. The fourth-order valence-electron chi connectivity index (χ4n) is 2.44. The molecule has 0 aliphatic rings. The van der Waals surface area contributed by atoms with E-state index in [-0.39, 0.29) is 0 Å². The normalized spacial score (nSPS) is 14.1. The maximum absolute atomic E-state index is 11.3. The Hall–Kier alpha value is -1.39. The Balaban J connectivity index is 2.29. The molecule has 0 spiro atoms. The number of carbonyl (C=O) groups is 1. The summed E-state index contributed by atoms with van der Waals surface area (Å²) in [5.41, 5.74) is 0.530. The standard InChI is InChI=1S/C17H28N2O2/c1-4-18-17(2,16(20)21)12-8-13-19(3)14-11-15-9-6-5-7-10-15/h5-7,9-10,18H,4,8,11-14H2,1-3H3,(H,20,21). The monoisotopic (exact) mass is 292 g/mol. The summed E-state index contributed by atoms with van der Waals surface area (Å²) < 4.78 is 0. The fourth-order valence-corrected chi connectivity index (χ4v) is 2.44. The maximum Gasteiger partial charge on any atom is 0.323 e. The molecule has 118 valence electrons. The molecule has 0 bridgehead atoms. The van der Waals surface area contributed by atoms with Crippen LogP contribution in [0.2, 0.25) is 0 Å². The lowest BCUT2D eigenvalue weighted by Gasteiger charge is -2.27. The molecule has 0 saturated carbocycles. The van der Waals surface area contributed by atoms with E-state index in [0.29, 0.717) is 13.0 Å². The van der Waals surface area contributed by atoms with Crippen molar-refractivity contribution in [1.82, 2.24) is 10.2 Å². The Kier molecular flexibility index (Phi) is 7.40. The molecule has 1 atom stereocenters. The second-order valence-corrected chi connectivity index (χ2v) is 5.81. The molecule has 1 aromatic rings. The number of rotatable bonds is 10. The van der Waals surface area contributed by atoms with E-state index in [0.717, 1.165) is 25.9 Å². The summed E-state index contributed by atoms with van der Waals surface area (Å²) in [6.07, 6.45) is 2.55. The van der Waals surface area contributed by atoms with Crippen molar-refractivity contribution in [3.05, 3.63) is 35.9 Å². The van der Waals surface area contributed by atoms with Crippen LogP contribution in [0.3, 0.4) is 0 Å². The molecule has 1 aromatic carbocycles. The van der Waals surface area contributed by atoms with Crippen LogP contribution in [0.25, 0.3) is 0 Å². The van der Waals surface area contributed by atoms with Gasteiger partial charge in [0.2, 0.25) is 0 Å². The molecule has 0 aliphatic heterocycles. The third-order valence-corrected chi connectivity index (χ3v) is 3.88. The van der Waals surface area contributed by atoms with Crippen molar-refractivity contribution >= 4 is 5.97 Å². The van der Waals surface area contributed by atoms with Crippen LogP contribution in [-0.2, 0) is 11.2 Å². The fraction of sp³-hybridized carbons (Fsp3) is 0.588. The van der Waals surface area contributed by atoms with Gasteiger partial charge in [0.25, 0.3) is 0 Å². The lowest BCUT2D eigenvalue weighted by molar-refractivity contribution is -0.144. The van der Waals surface area contributed by atoms with E-state index in [1.165, 1.54) is 5.56 Å². The van der Waals surface area contributed by atoms with Crippen molar-refractivity contribution in [2.45, 2.75) is 38.6 Å². The molecule has 1 unspecified atom stereocenters. The van der Waals surface area contributed by atoms with E-state index in [2.05, 4.69) is 41.5 Å². The summed E-state index contributed by atoms with van der Waals surface area (Å²) in [5.74, 6) is -0.767. The van der Waals surface area contributed by atoms with Gasteiger partial charge in [-0.15, -0.1) is 0 Å². The maximum atomic E-state index is 11.3. The van der Waals surface area contributed by atoms with Gasteiger partial charge in [-0.2, -0.15) is 0 Å². The van der Waals surface area contributed by atoms with Gasteiger partial charge in [-0.25, -0.2) is 0 Å². The van der Waals surface area contributed by atoms with Gasteiger partial charge in [0.05, 0.1) is 0 Å². The Morgan fingerprint density at radius 2 is 1.95 bits per heavy atom. The number of nitrogens with one attached hydrogen (secondary N) is 1. The van der Waals surface area contributed by atoms with Crippen molar-refractivity contribution in [2.75, 3.05) is 26.7 Å². The predicted octanol–water partition coefficient (Wildman–Crippen LogP) is 2.39. The van der Waals surface area contributed by atoms with Crippen molar-refractivity contribution < 1.29 is 9.90 Å². The van der Waals surface area contributed by atoms with Gasteiger partial charge in [0.15, 0.2) is 0 Å². The zero-order valence-electron chi connectivity index (χ0n) is 13.4. The van der Waals surface area contributed by atoms with Crippen LogP contribution < -0.4 is 5.32 Å². The summed E-state index contributed by atoms with van der Waals surface area (Å²) in [6.45, 7) is 6.29. The third kappa shape index (κ3) is 6.27. The molecular weight excluding hydrogens is 264 g/mol. The molecule has 1 rings (SSSR count). The SMILES string of the molecule is CCNC(C)(CCCN(C)CCc1ccccc1)C(=O)O. The highest BCUT2D eigenvalue weighted by Gasteiger charge is 2.31. The average Bonchev–Trinajstić information content (AvgIpc) is 2.46. The van der Waals surface area contributed by atoms with Gasteiger partial charge in [-0.3, -0.25) is 4.79 Å². The zero-order valence-corrected chi connectivity index (χ0v) is 13.4. The van der Waals surface area contributed by atoms with Gasteiger partial charge in [-0.1, -0.05) is 37.3 Å². The molecule has 4 nitrogen and oxygen atoms in total. The number of hydrogen-bond donors (Lipinski definition) is 2. The molecule has 0 heterocycles. The summed E-state index contributed by atoms with van der Waals surface area (Å²) in [6, 6.07) is 10.4. The van der Waals surface area contributed by atoms with Gasteiger partial charge in [0, 0.05) is 6.54 Å². The highest BCUT2D eigenvalue weighted by molar-refractivity contribution is 5.78. The number of likely N-dealkylation sites (N-methyl/N-ethyl adjacent to an activating group) is 2. The van der Waals surface area contributed by atoms with E-state index in [4.69, 9.17) is 0 Å². The van der Waals surface area contributed by atoms with E-state index < -0.39 is 11.5 Å². The van der Waals surface area contributed by atoms with E-state index in [1.54, 1.807) is 6.92 Å². The first-order chi connectivity index (χ1) is 9.98. The van der Waals surface area contributed by atoms with Crippen LogP contribution in [-0.4, -0.2) is 48.2 Å². The van der Waals surface area contributed by atoms with Crippen molar-refractivity contribution in [1.29, 1.82) is 0 Å². The summed E-state index contributed by atoms with van der Waals surface area (Å²) >= 11 is 0. The topological polar surface area (TPSA) is 52.6 Å². The second-order valence-electron chi connectivity index (χ2n) is 5.81. The average molecular weight is 292 g/mol. The van der Waals surface area contributed by atoms with E-state index >= 15 is 0 Å². The molecule has 4 heteroatoms. The minimum absolute atomic E-state index is 0.645. The van der Waals surface area contributed by atoms with Crippen LogP contribution >= 0.6 is 0 Å². The molecule has 21 heavy (non-hydrogen) atoms. The summed E-state index contributed by atoms with van der Waals surface area (Å²) in [7, 11) is 2.09. The molecule has 0 saturated heterocycles. The Morgan fingerprint density at radius 3 is 2.52 bits per heavy atom. The van der Waals surface area contributed by atoms with E-state index in [9.17, 15) is 9.90 Å². The van der Waals surface area contributed by atoms with Gasteiger partial charge in [0.1, 0.15) is 5.54 Å². The van der Waals surface area contributed by atoms with E-state index in [1.807, 2.05) is 13.0 Å². The first-order valence-corrected chi connectivity index (χ1v) is 7.69.